The van der Waals surface area contributed by atoms with Crippen LogP contribution >= 0.6 is 0 Å². The lowest BCUT2D eigenvalue weighted by Gasteiger charge is -2.10. The predicted octanol–water partition coefficient (Wildman–Crippen LogP) is 2.63. The van der Waals surface area contributed by atoms with Gasteiger partial charge in [0.2, 0.25) is 0 Å². The Bertz CT molecular complexity index is 485. The zero-order valence-electron chi connectivity index (χ0n) is 12.0. The maximum absolute atomic E-state index is 12.1. The van der Waals surface area contributed by atoms with E-state index in [4.69, 9.17) is 9.84 Å². The number of para-hydroxylation sites is 1. The smallest absolute Gasteiger partial charge is 0.303 e. The summed E-state index contributed by atoms with van der Waals surface area (Å²) in [7, 11) is 0. The molecule has 21 heavy (non-hydrogen) atoms. The molecule has 0 aromatic heterocycles. The number of ether oxygens (including phenoxy) is 1. The number of carboxylic acids is 1. The third-order valence-corrected chi connectivity index (χ3v) is 2.84. The van der Waals surface area contributed by atoms with Crippen LogP contribution in [0.4, 0.5) is 0 Å². The maximum atomic E-state index is 12.1. The number of carbonyl (C=O) groups is 2. The average Bonchev–Trinajstić information content (AvgIpc) is 2.48. The summed E-state index contributed by atoms with van der Waals surface area (Å²) >= 11 is 0. The lowest BCUT2D eigenvalue weighted by molar-refractivity contribution is -0.137. The number of hydrogen-bond acceptors (Lipinski definition) is 3. The molecular formula is C16H21NO4. The van der Waals surface area contributed by atoms with Gasteiger partial charge in [-0.2, -0.15) is 0 Å². The molecule has 0 aliphatic heterocycles. The lowest BCUT2D eigenvalue weighted by atomic mass is 10.1. The van der Waals surface area contributed by atoms with E-state index in [1.807, 2.05) is 0 Å². The highest BCUT2D eigenvalue weighted by Gasteiger charge is 2.10. The van der Waals surface area contributed by atoms with Crippen LogP contribution in [0.15, 0.2) is 36.9 Å². The van der Waals surface area contributed by atoms with Crippen molar-refractivity contribution >= 4 is 11.9 Å². The molecule has 0 heterocycles. The quantitative estimate of drug-likeness (QED) is 0.513. The molecule has 0 bridgehead atoms. The van der Waals surface area contributed by atoms with E-state index in [0.717, 1.165) is 12.8 Å². The average molecular weight is 291 g/mol. The first kappa shape index (κ1) is 16.8. The summed E-state index contributed by atoms with van der Waals surface area (Å²) in [5.41, 5.74) is 0.491. The molecule has 0 unspecified atom stereocenters. The Kier molecular flexibility index (Phi) is 7.64. The molecule has 2 N–H and O–H groups in total. The summed E-state index contributed by atoms with van der Waals surface area (Å²) in [6, 6.07) is 7.03. The fourth-order valence-electron chi connectivity index (χ4n) is 1.80. The van der Waals surface area contributed by atoms with E-state index in [1.165, 1.54) is 0 Å². The first-order valence-electron chi connectivity index (χ1n) is 6.98. The number of rotatable bonds is 10. The number of unbranched alkanes of at least 4 members (excludes halogenated alkanes) is 2. The van der Waals surface area contributed by atoms with Gasteiger partial charge in [0.15, 0.2) is 0 Å². The van der Waals surface area contributed by atoms with Crippen molar-refractivity contribution in [2.24, 2.45) is 0 Å². The molecule has 0 spiro atoms. The topological polar surface area (TPSA) is 75.6 Å². The normalized spacial score (nSPS) is 9.90. The number of amides is 1. The minimum Gasteiger partial charge on any atom is -0.489 e. The van der Waals surface area contributed by atoms with Crippen LogP contribution in [-0.4, -0.2) is 30.1 Å². The van der Waals surface area contributed by atoms with Crippen LogP contribution in [0.5, 0.6) is 5.75 Å². The number of benzene rings is 1. The second kappa shape index (κ2) is 9.58. The van der Waals surface area contributed by atoms with Crippen molar-refractivity contribution in [3.8, 4) is 5.75 Å². The van der Waals surface area contributed by atoms with Gasteiger partial charge >= 0.3 is 5.97 Å². The van der Waals surface area contributed by atoms with Crippen molar-refractivity contribution in [1.29, 1.82) is 0 Å². The fraction of sp³-hybridized carbons (Fsp3) is 0.375. The molecule has 1 rings (SSSR count). The van der Waals surface area contributed by atoms with Gasteiger partial charge in [-0.05, 0) is 25.0 Å². The van der Waals surface area contributed by atoms with Crippen LogP contribution in [0.2, 0.25) is 0 Å². The van der Waals surface area contributed by atoms with Crippen LogP contribution in [0.25, 0.3) is 0 Å². The highest BCUT2D eigenvalue weighted by atomic mass is 16.5. The highest BCUT2D eigenvalue weighted by molar-refractivity contribution is 5.96. The van der Waals surface area contributed by atoms with Gasteiger partial charge in [-0.25, -0.2) is 0 Å². The SMILES string of the molecule is C=CCOc1ccccc1C(=O)NCCCCCC(=O)O. The highest BCUT2D eigenvalue weighted by Crippen LogP contribution is 2.17. The summed E-state index contributed by atoms with van der Waals surface area (Å²) in [6.45, 7) is 4.44. The molecule has 1 amide bonds. The van der Waals surface area contributed by atoms with Crippen LogP contribution < -0.4 is 10.1 Å². The number of carbonyl (C=O) groups excluding carboxylic acids is 1. The van der Waals surface area contributed by atoms with E-state index in [2.05, 4.69) is 11.9 Å². The monoisotopic (exact) mass is 291 g/mol. The molecule has 0 fully saturated rings. The number of carboxylic acid groups (broad SMARTS) is 1. The minimum atomic E-state index is -0.785. The fourth-order valence-corrected chi connectivity index (χ4v) is 1.80. The van der Waals surface area contributed by atoms with Crippen molar-refractivity contribution in [1.82, 2.24) is 5.32 Å². The van der Waals surface area contributed by atoms with E-state index in [-0.39, 0.29) is 12.3 Å². The van der Waals surface area contributed by atoms with Crippen molar-refractivity contribution in [2.75, 3.05) is 13.2 Å². The molecule has 0 saturated heterocycles. The van der Waals surface area contributed by atoms with E-state index in [1.54, 1.807) is 30.3 Å². The van der Waals surface area contributed by atoms with Crippen LogP contribution in [0, 0.1) is 0 Å². The Morgan fingerprint density at radius 1 is 1.24 bits per heavy atom. The van der Waals surface area contributed by atoms with Gasteiger partial charge in [-0.15, -0.1) is 0 Å². The second-order valence-corrected chi connectivity index (χ2v) is 4.56. The summed E-state index contributed by atoms with van der Waals surface area (Å²) in [6.07, 6.45) is 3.96. The van der Waals surface area contributed by atoms with Crippen LogP contribution in [0.3, 0.4) is 0 Å². The molecule has 5 heteroatoms. The summed E-state index contributed by atoms with van der Waals surface area (Å²) in [5, 5.41) is 11.3. The van der Waals surface area contributed by atoms with E-state index < -0.39 is 5.97 Å². The molecule has 0 atom stereocenters. The lowest BCUT2D eigenvalue weighted by Crippen LogP contribution is -2.25. The Labute approximate surface area is 124 Å². The Morgan fingerprint density at radius 2 is 2.00 bits per heavy atom. The van der Waals surface area contributed by atoms with Crippen molar-refractivity contribution in [2.45, 2.75) is 25.7 Å². The summed E-state index contributed by atoms with van der Waals surface area (Å²) in [4.78, 5) is 22.4. The molecule has 114 valence electrons. The minimum absolute atomic E-state index is 0.173. The Hall–Kier alpha value is -2.30. The maximum Gasteiger partial charge on any atom is 0.303 e. The van der Waals surface area contributed by atoms with Crippen molar-refractivity contribution in [3.05, 3.63) is 42.5 Å². The van der Waals surface area contributed by atoms with E-state index in [9.17, 15) is 9.59 Å². The Morgan fingerprint density at radius 3 is 2.71 bits per heavy atom. The molecular weight excluding hydrogens is 270 g/mol. The standard InChI is InChI=1S/C16H21NO4/c1-2-12-21-14-9-6-5-8-13(14)16(20)17-11-7-3-4-10-15(18)19/h2,5-6,8-9H,1,3-4,7,10-12H2,(H,17,20)(H,18,19). The second-order valence-electron chi connectivity index (χ2n) is 4.56. The molecule has 0 aliphatic rings. The number of aliphatic carboxylic acids is 1. The van der Waals surface area contributed by atoms with Gasteiger partial charge in [0.25, 0.3) is 5.91 Å². The third kappa shape index (κ3) is 6.61. The van der Waals surface area contributed by atoms with Gasteiger partial charge in [0.1, 0.15) is 12.4 Å². The van der Waals surface area contributed by atoms with E-state index >= 15 is 0 Å². The van der Waals surface area contributed by atoms with Gasteiger partial charge in [0.05, 0.1) is 5.56 Å². The number of nitrogens with one attached hydrogen (secondary N) is 1. The van der Waals surface area contributed by atoms with Crippen LogP contribution in [-0.2, 0) is 4.79 Å². The third-order valence-electron chi connectivity index (χ3n) is 2.84. The first-order chi connectivity index (χ1) is 10.1. The van der Waals surface area contributed by atoms with Crippen molar-refractivity contribution in [3.63, 3.8) is 0 Å². The van der Waals surface area contributed by atoms with Gasteiger partial charge < -0.3 is 15.2 Å². The number of hydrogen-bond donors (Lipinski definition) is 2. The largest absolute Gasteiger partial charge is 0.489 e. The zero-order chi connectivity index (χ0) is 15.5. The van der Waals surface area contributed by atoms with Crippen molar-refractivity contribution < 1.29 is 19.4 Å². The van der Waals surface area contributed by atoms with E-state index in [0.29, 0.717) is 30.9 Å². The summed E-state index contributed by atoms with van der Waals surface area (Å²) in [5.74, 6) is -0.444. The summed E-state index contributed by atoms with van der Waals surface area (Å²) < 4.78 is 5.43. The molecule has 1 aromatic carbocycles. The van der Waals surface area contributed by atoms with Gasteiger partial charge in [-0.1, -0.05) is 31.2 Å². The van der Waals surface area contributed by atoms with Gasteiger partial charge in [0, 0.05) is 13.0 Å². The van der Waals surface area contributed by atoms with Crippen LogP contribution in [0.1, 0.15) is 36.0 Å². The van der Waals surface area contributed by atoms with Gasteiger partial charge in [-0.3, -0.25) is 9.59 Å². The molecule has 1 aromatic rings. The predicted molar refractivity (Wildman–Crippen MR) is 80.6 cm³/mol. The molecule has 0 saturated carbocycles. The molecule has 0 aliphatic carbocycles. The molecule has 5 nitrogen and oxygen atoms in total. The zero-order valence-corrected chi connectivity index (χ0v) is 12.0. The Balaban J connectivity index is 2.38. The first-order valence-corrected chi connectivity index (χ1v) is 6.98. The molecule has 0 radical (unpaired) electrons.